The van der Waals surface area contributed by atoms with Crippen LogP contribution in [0.1, 0.15) is 6.92 Å². The Bertz CT molecular complexity index is 1770. The van der Waals surface area contributed by atoms with Crippen molar-refractivity contribution in [2.24, 2.45) is 0 Å². The largest absolute Gasteiger partial charge is 0.496 e. The fourth-order valence-corrected chi connectivity index (χ4v) is 5.68. The van der Waals surface area contributed by atoms with Gasteiger partial charge in [-0.05, 0) is 18.2 Å². The number of benzene rings is 1. The van der Waals surface area contributed by atoms with Gasteiger partial charge in [0.2, 0.25) is 11.9 Å². The highest BCUT2D eigenvalue weighted by molar-refractivity contribution is 6.32. The predicted molar refractivity (Wildman–Crippen MR) is 173 cm³/mol. The molecule has 6 rings (SSSR count). The number of aromatic nitrogens is 4. The number of hydrogen-bond acceptors (Lipinski definition) is 10. The van der Waals surface area contributed by atoms with Gasteiger partial charge in [0.25, 0.3) is 0 Å². The van der Waals surface area contributed by atoms with E-state index in [1.54, 1.807) is 27.2 Å². The maximum absolute atomic E-state index is 11.7. The minimum absolute atomic E-state index is 0.126. The number of amides is 1. The Morgan fingerprint density at radius 3 is 2.10 bits per heavy atom. The topological polar surface area (TPSA) is 129 Å². The summed E-state index contributed by atoms with van der Waals surface area (Å²) in [5, 5.41) is 7.63. The van der Waals surface area contributed by atoms with Gasteiger partial charge in [0.1, 0.15) is 23.0 Å². The molecule has 17 heteroatoms. The molecule has 1 aromatic carbocycles. The third-order valence-electron chi connectivity index (χ3n) is 8.04. The molecule has 5 heterocycles. The lowest BCUT2D eigenvalue weighted by Crippen LogP contribution is -2.49. The Morgan fingerprint density at radius 1 is 0.875 bits per heavy atom. The first-order valence-electron chi connectivity index (χ1n) is 14.9. The van der Waals surface area contributed by atoms with Crippen LogP contribution in [0, 0.1) is 0 Å². The van der Waals surface area contributed by atoms with Crippen LogP contribution in [0.5, 0.6) is 11.5 Å². The summed E-state index contributed by atoms with van der Waals surface area (Å²) in [6, 6.07) is 9.77. The van der Waals surface area contributed by atoms with E-state index in [1.165, 1.54) is 0 Å². The second-order valence-corrected chi connectivity index (χ2v) is 11.4. The maximum Gasteiger partial charge on any atom is 0.490 e. The molecule has 4 aromatic rings. The van der Waals surface area contributed by atoms with Gasteiger partial charge < -0.3 is 38.6 Å². The number of ether oxygens (including phenoxy) is 2. The molecule has 13 nitrogen and oxygen atoms in total. The number of nitrogens with zero attached hydrogens (tertiary/aromatic N) is 8. The van der Waals surface area contributed by atoms with E-state index in [0.29, 0.717) is 16.5 Å². The lowest BCUT2D eigenvalue weighted by molar-refractivity contribution is -0.192. The zero-order valence-corrected chi connectivity index (χ0v) is 27.2. The Kier molecular flexibility index (Phi) is 10.3. The molecule has 0 unspecified atom stereocenters. The predicted octanol–water partition coefficient (Wildman–Crippen LogP) is 4.09. The summed E-state index contributed by atoms with van der Waals surface area (Å²) in [5.74, 6) is 0.235. The summed E-state index contributed by atoms with van der Waals surface area (Å²) in [7, 11) is 3.20. The van der Waals surface area contributed by atoms with E-state index in [2.05, 4.69) is 31.8 Å². The van der Waals surface area contributed by atoms with Gasteiger partial charge in [-0.15, -0.1) is 0 Å². The number of pyridine rings is 1. The summed E-state index contributed by atoms with van der Waals surface area (Å²) >= 11 is 6.40. The Hall–Kier alpha value is -4.99. The van der Waals surface area contributed by atoms with Crippen LogP contribution in [0.4, 0.5) is 30.6 Å². The van der Waals surface area contributed by atoms with Gasteiger partial charge in [0.15, 0.2) is 0 Å². The molecule has 0 aliphatic carbocycles. The van der Waals surface area contributed by atoms with Crippen LogP contribution in [0.25, 0.3) is 16.9 Å². The van der Waals surface area contributed by atoms with Crippen LogP contribution in [-0.2, 0) is 9.59 Å². The molecule has 256 valence electrons. The maximum atomic E-state index is 11.7. The van der Waals surface area contributed by atoms with Crippen LogP contribution < -0.4 is 24.2 Å². The molecule has 2 fully saturated rings. The molecule has 2 aliphatic heterocycles. The van der Waals surface area contributed by atoms with Gasteiger partial charge >= 0.3 is 12.1 Å². The second kappa shape index (κ2) is 14.4. The highest BCUT2D eigenvalue weighted by atomic mass is 35.5. The number of aliphatic carboxylic acids is 1. The molecule has 1 amide bonds. The average molecular weight is 691 g/mol. The molecule has 0 radical (unpaired) electrons. The van der Waals surface area contributed by atoms with Crippen molar-refractivity contribution < 1.29 is 37.3 Å². The number of halogens is 4. The lowest BCUT2D eigenvalue weighted by Gasteiger charge is -2.37. The van der Waals surface area contributed by atoms with Crippen molar-refractivity contribution in [3.63, 3.8) is 0 Å². The lowest BCUT2D eigenvalue weighted by atomic mass is 10.1. The van der Waals surface area contributed by atoms with E-state index >= 15 is 0 Å². The van der Waals surface area contributed by atoms with E-state index < -0.39 is 12.1 Å². The molecular weight excluding hydrogens is 657 g/mol. The number of carbonyl (C=O) groups is 2. The molecule has 0 spiro atoms. The van der Waals surface area contributed by atoms with Gasteiger partial charge in [-0.3, -0.25) is 4.79 Å². The highest BCUT2D eigenvalue weighted by Gasteiger charge is 2.38. The Morgan fingerprint density at radius 2 is 1.50 bits per heavy atom. The minimum atomic E-state index is -5.08. The number of rotatable bonds is 6. The Balaban J connectivity index is 0.000000582. The summed E-state index contributed by atoms with van der Waals surface area (Å²) in [5.41, 5.74) is 3.54. The first-order chi connectivity index (χ1) is 22.9. The van der Waals surface area contributed by atoms with E-state index in [9.17, 15) is 18.0 Å². The van der Waals surface area contributed by atoms with E-state index in [-0.39, 0.29) is 5.91 Å². The number of piperazine rings is 2. The van der Waals surface area contributed by atoms with E-state index in [0.717, 1.165) is 86.7 Å². The molecule has 0 bridgehead atoms. The summed E-state index contributed by atoms with van der Waals surface area (Å²) < 4.78 is 44.7. The fraction of sp³-hybridized carbons (Fsp3) is 0.387. The number of fused-ring (bicyclic) bond motifs is 1. The highest BCUT2D eigenvalue weighted by Crippen LogP contribution is 2.38. The molecule has 3 aromatic heterocycles. The molecule has 0 saturated carbocycles. The van der Waals surface area contributed by atoms with Crippen LogP contribution >= 0.6 is 11.6 Å². The quantitative estimate of drug-likeness (QED) is 0.314. The van der Waals surface area contributed by atoms with Crippen molar-refractivity contribution in [3.8, 4) is 22.8 Å². The average Bonchev–Trinajstić information content (AvgIpc) is 3.52. The number of carboxylic acid groups (broad SMARTS) is 1. The first kappa shape index (κ1) is 34.3. The van der Waals surface area contributed by atoms with E-state index in [1.807, 2.05) is 40.0 Å². The van der Waals surface area contributed by atoms with Crippen LogP contribution in [0.15, 0.2) is 48.9 Å². The fourth-order valence-electron chi connectivity index (χ4n) is 5.44. The monoisotopic (exact) mass is 690 g/mol. The van der Waals surface area contributed by atoms with Crippen LogP contribution in [0.2, 0.25) is 5.02 Å². The van der Waals surface area contributed by atoms with Crippen molar-refractivity contribution in [3.05, 3.63) is 53.9 Å². The number of methoxy groups -OCH3 is 2. The molecule has 0 atom stereocenters. The molecular formula is C31H34ClF3N8O5. The number of carbonyl (C=O) groups excluding carboxylic acids is 1. The minimum Gasteiger partial charge on any atom is -0.496 e. The smallest absolute Gasteiger partial charge is 0.490 e. The number of imidazole rings is 1. The van der Waals surface area contributed by atoms with Crippen molar-refractivity contribution in [2.45, 2.75) is 13.1 Å². The number of alkyl halides is 3. The van der Waals surface area contributed by atoms with Crippen molar-refractivity contribution in [1.29, 1.82) is 0 Å². The first-order valence-corrected chi connectivity index (χ1v) is 15.3. The SMILES string of the molecule is COc1cc(OC)c(-c2cn3ccc(N4CCN(c5nccc(N6CCN(C(C)=O)CC6)n5)CC4)cc3n2)cc1Cl.O=C(O)C(F)(F)F. The molecule has 48 heavy (non-hydrogen) atoms. The van der Waals surface area contributed by atoms with Crippen molar-refractivity contribution >= 4 is 46.6 Å². The normalized spacial score (nSPS) is 15.2. The standard InChI is InChI=1S/C29H33ClN8O3.C2HF3O2/c1-20(39)34-8-12-36(13-9-34)27-4-6-31-29(33-27)37-14-10-35(11-15-37)21-5-7-38-19-24(32-28(38)16-21)22-17-23(30)26(41-3)18-25(22)40-2;3-2(4,5)1(6)7/h4-7,16-19H,8-15H2,1-3H3;(H,6,7). The zero-order chi connectivity index (χ0) is 34.6. The molecule has 1 N–H and O–H groups in total. The van der Waals surface area contributed by atoms with Crippen molar-refractivity contribution in [1.82, 2.24) is 24.3 Å². The van der Waals surface area contributed by atoms with E-state index in [4.69, 9.17) is 40.9 Å². The summed E-state index contributed by atoms with van der Waals surface area (Å²) in [6.45, 7) is 7.93. The van der Waals surface area contributed by atoms with Gasteiger partial charge in [0, 0.05) is 101 Å². The third kappa shape index (κ3) is 7.75. The zero-order valence-electron chi connectivity index (χ0n) is 26.4. The number of carboxylic acids is 1. The Labute approximate surface area is 279 Å². The van der Waals surface area contributed by atoms with Gasteiger partial charge in [-0.2, -0.15) is 18.2 Å². The molecule has 2 aliphatic rings. The van der Waals surface area contributed by atoms with Crippen LogP contribution in [0.3, 0.4) is 0 Å². The van der Waals surface area contributed by atoms with Gasteiger partial charge in [-0.25, -0.2) is 14.8 Å². The molecule has 2 saturated heterocycles. The second-order valence-electron chi connectivity index (χ2n) is 10.9. The third-order valence-corrected chi connectivity index (χ3v) is 8.34. The van der Waals surface area contributed by atoms with Gasteiger partial charge in [-0.1, -0.05) is 11.6 Å². The number of hydrogen-bond donors (Lipinski definition) is 1. The number of anilines is 3. The van der Waals surface area contributed by atoms with Crippen molar-refractivity contribution in [2.75, 3.05) is 81.3 Å². The van der Waals surface area contributed by atoms with Crippen LogP contribution in [-0.4, -0.2) is 114 Å². The summed E-state index contributed by atoms with van der Waals surface area (Å²) in [4.78, 5) is 43.6. The summed E-state index contributed by atoms with van der Waals surface area (Å²) in [6.07, 6.45) is 0.752. The van der Waals surface area contributed by atoms with Gasteiger partial charge in [0.05, 0.1) is 24.9 Å².